The van der Waals surface area contributed by atoms with Gasteiger partial charge in [-0.15, -0.1) is 5.10 Å². The molecule has 1 aromatic heterocycles. The van der Waals surface area contributed by atoms with Crippen molar-refractivity contribution in [2.75, 3.05) is 6.61 Å². The number of hydrogen-bond donors (Lipinski definition) is 3. The van der Waals surface area contributed by atoms with Gasteiger partial charge in [0.1, 0.15) is 6.54 Å². The lowest BCUT2D eigenvalue weighted by atomic mass is 10.0. The first kappa shape index (κ1) is 13.6. The van der Waals surface area contributed by atoms with E-state index in [0.717, 1.165) is 0 Å². The van der Waals surface area contributed by atoms with Gasteiger partial charge in [-0.05, 0) is 20.3 Å². The molecule has 1 aromatic rings. The van der Waals surface area contributed by atoms with Crippen LogP contribution in [0.1, 0.15) is 26.0 Å². The number of aromatic nitrogens is 3. The maximum Gasteiger partial charge on any atom is 0.242 e. The second-order valence-electron chi connectivity index (χ2n) is 4.52. The van der Waals surface area contributed by atoms with Crippen LogP contribution in [0, 0.1) is 0 Å². The van der Waals surface area contributed by atoms with Crippen molar-refractivity contribution in [2.45, 2.75) is 38.9 Å². The van der Waals surface area contributed by atoms with Gasteiger partial charge in [-0.25, -0.2) is 4.68 Å². The SMILES string of the molecule is CC(C)(CCO)NC(=O)Cn1cc(CN)nn1. The molecule has 0 fully saturated rings. The highest BCUT2D eigenvalue weighted by molar-refractivity contribution is 5.76. The van der Waals surface area contributed by atoms with Gasteiger partial charge in [-0.2, -0.15) is 0 Å². The molecule has 96 valence electrons. The minimum absolute atomic E-state index is 0.0356. The Bertz CT molecular complexity index is 375. The zero-order valence-electron chi connectivity index (χ0n) is 10.2. The summed E-state index contributed by atoms with van der Waals surface area (Å²) >= 11 is 0. The van der Waals surface area contributed by atoms with Crippen LogP contribution in [-0.4, -0.2) is 38.2 Å². The van der Waals surface area contributed by atoms with Gasteiger partial charge in [0.05, 0.1) is 11.9 Å². The molecule has 0 bridgehead atoms. The fourth-order valence-corrected chi connectivity index (χ4v) is 1.42. The summed E-state index contributed by atoms with van der Waals surface area (Å²) in [6.07, 6.45) is 2.14. The van der Waals surface area contributed by atoms with Gasteiger partial charge in [-0.3, -0.25) is 4.79 Å². The number of amides is 1. The number of aliphatic hydroxyl groups excluding tert-OH is 1. The molecular weight excluding hydrogens is 222 g/mol. The molecular formula is C10H19N5O2. The summed E-state index contributed by atoms with van der Waals surface area (Å²) in [4.78, 5) is 11.7. The molecule has 0 unspecified atom stereocenters. The van der Waals surface area contributed by atoms with Gasteiger partial charge in [0, 0.05) is 18.7 Å². The second-order valence-corrected chi connectivity index (χ2v) is 4.52. The van der Waals surface area contributed by atoms with Gasteiger partial charge in [0.2, 0.25) is 5.91 Å². The molecule has 0 aliphatic carbocycles. The zero-order chi connectivity index (χ0) is 12.9. The number of carbonyl (C=O) groups is 1. The predicted molar refractivity (Wildman–Crippen MR) is 61.8 cm³/mol. The van der Waals surface area contributed by atoms with E-state index in [1.807, 2.05) is 13.8 Å². The summed E-state index contributed by atoms with van der Waals surface area (Å²) in [6.45, 7) is 4.15. The molecule has 17 heavy (non-hydrogen) atoms. The molecule has 0 aliphatic rings. The third-order valence-corrected chi connectivity index (χ3v) is 2.32. The molecule has 7 nitrogen and oxygen atoms in total. The van der Waals surface area contributed by atoms with Crippen molar-refractivity contribution in [3.63, 3.8) is 0 Å². The van der Waals surface area contributed by atoms with Crippen molar-refractivity contribution in [2.24, 2.45) is 5.73 Å². The molecule has 1 amide bonds. The summed E-state index contributed by atoms with van der Waals surface area (Å²) in [7, 11) is 0. The highest BCUT2D eigenvalue weighted by Gasteiger charge is 2.19. The monoisotopic (exact) mass is 241 g/mol. The highest BCUT2D eigenvalue weighted by atomic mass is 16.3. The Morgan fingerprint density at radius 1 is 1.65 bits per heavy atom. The minimum Gasteiger partial charge on any atom is -0.396 e. The summed E-state index contributed by atoms with van der Waals surface area (Å²) < 4.78 is 1.44. The first-order valence-electron chi connectivity index (χ1n) is 5.48. The predicted octanol–water partition coefficient (Wildman–Crippen LogP) is -0.986. The third-order valence-electron chi connectivity index (χ3n) is 2.32. The topological polar surface area (TPSA) is 106 Å². The van der Waals surface area contributed by atoms with E-state index in [9.17, 15) is 4.79 Å². The Balaban J connectivity index is 2.49. The van der Waals surface area contributed by atoms with Crippen LogP contribution in [0.25, 0.3) is 0 Å². The fraction of sp³-hybridized carbons (Fsp3) is 0.700. The van der Waals surface area contributed by atoms with Gasteiger partial charge < -0.3 is 16.2 Å². The Morgan fingerprint density at radius 2 is 2.35 bits per heavy atom. The number of aliphatic hydroxyl groups is 1. The van der Waals surface area contributed by atoms with Gasteiger partial charge in [0.25, 0.3) is 0 Å². The third kappa shape index (κ3) is 4.49. The van der Waals surface area contributed by atoms with Crippen LogP contribution in [0.3, 0.4) is 0 Å². The van der Waals surface area contributed by atoms with Crippen molar-refractivity contribution >= 4 is 5.91 Å². The van der Waals surface area contributed by atoms with Gasteiger partial charge in [0.15, 0.2) is 0 Å². The molecule has 0 aromatic carbocycles. The van der Waals surface area contributed by atoms with E-state index in [-0.39, 0.29) is 19.1 Å². The van der Waals surface area contributed by atoms with E-state index >= 15 is 0 Å². The first-order chi connectivity index (χ1) is 7.96. The van der Waals surface area contributed by atoms with E-state index in [0.29, 0.717) is 18.7 Å². The Hall–Kier alpha value is -1.47. The number of rotatable bonds is 6. The molecule has 1 heterocycles. The molecule has 0 saturated heterocycles. The lowest BCUT2D eigenvalue weighted by Crippen LogP contribution is -2.45. The van der Waals surface area contributed by atoms with Crippen molar-refractivity contribution in [1.29, 1.82) is 0 Å². The van der Waals surface area contributed by atoms with E-state index in [2.05, 4.69) is 15.6 Å². The number of nitrogens with one attached hydrogen (secondary N) is 1. The van der Waals surface area contributed by atoms with Crippen molar-refractivity contribution < 1.29 is 9.90 Å². The number of hydrogen-bond acceptors (Lipinski definition) is 5. The van der Waals surface area contributed by atoms with Crippen LogP contribution in [0.2, 0.25) is 0 Å². The molecule has 1 rings (SSSR count). The lowest BCUT2D eigenvalue weighted by molar-refractivity contribution is -0.123. The summed E-state index contributed by atoms with van der Waals surface area (Å²) in [6, 6.07) is 0. The normalized spacial score (nSPS) is 11.5. The van der Waals surface area contributed by atoms with Crippen molar-refractivity contribution in [3.8, 4) is 0 Å². The standard InChI is InChI=1S/C10H19N5O2/c1-10(2,3-4-16)12-9(17)7-15-6-8(5-11)13-14-15/h6,16H,3-5,7,11H2,1-2H3,(H,12,17). The average Bonchev–Trinajstić information content (AvgIpc) is 2.64. The van der Waals surface area contributed by atoms with Crippen LogP contribution >= 0.6 is 0 Å². The second kappa shape index (κ2) is 5.74. The molecule has 7 heteroatoms. The molecule has 0 radical (unpaired) electrons. The number of carbonyl (C=O) groups excluding carboxylic acids is 1. The average molecular weight is 241 g/mol. The summed E-state index contributed by atoms with van der Waals surface area (Å²) in [5.41, 5.74) is 5.61. The molecule has 0 aliphatic heterocycles. The van der Waals surface area contributed by atoms with Crippen molar-refractivity contribution in [1.82, 2.24) is 20.3 Å². The fourth-order valence-electron chi connectivity index (χ4n) is 1.42. The lowest BCUT2D eigenvalue weighted by Gasteiger charge is -2.25. The van der Waals surface area contributed by atoms with E-state index < -0.39 is 5.54 Å². The van der Waals surface area contributed by atoms with Gasteiger partial charge >= 0.3 is 0 Å². The molecule has 0 atom stereocenters. The molecule has 0 spiro atoms. The maximum atomic E-state index is 11.7. The summed E-state index contributed by atoms with van der Waals surface area (Å²) in [5.74, 6) is -0.170. The van der Waals surface area contributed by atoms with Crippen LogP contribution in [0.4, 0.5) is 0 Å². The molecule has 4 N–H and O–H groups in total. The van der Waals surface area contributed by atoms with Crippen molar-refractivity contribution in [3.05, 3.63) is 11.9 Å². The van der Waals surface area contributed by atoms with E-state index in [1.54, 1.807) is 6.20 Å². The highest BCUT2D eigenvalue weighted by Crippen LogP contribution is 2.06. The van der Waals surface area contributed by atoms with E-state index in [1.165, 1.54) is 4.68 Å². The van der Waals surface area contributed by atoms with E-state index in [4.69, 9.17) is 10.8 Å². The summed E-state index contributed by atoms with van der Waals surface area (Å²) in [5, 5.41) is 19.2. The smallest absolute Gasteiger partial charge is 0.242 e. The van der Waals surface area contributed by atoms with Crippen LogP contribution in [-0.2, 0) is 17.9 Å². The minimum atomic E-state index is -0.427. The van der Waals surface area contributed by atoms with Gasteiger partial charge in [-0.1, -0.05) is 5.21 Å². The molecule has 0 saturated carbocycles. The number of nitrogens with two attached hydrogens (primary N) is 1. The largest absolute Gasteiger partial charge is 0.396 e. The van der Waals surface area contributed by atoms with Crippen LogP contribution < -0.4 is 11.1 Å². The Morgan fingerprint density at radius 3 is 2.88 bits per heavy atom. The number of nitrogens with zero attached hydrogens (tertiary/aromatic N) is 3. The maximum absolute atomic E-state index is 11.7. The quantitative estimate of drug-likeness (QED) is 0.593. The van der Waals surface area contributed by atoms with Crippen LogP contribution in [0.5, 0.6) is 0 Å². The Labute approximate surface area is 100.0 Å². The van der Waals surface area contributed by atoms with Crippen LogP contribution in [0.15, 0.2) is 6.20 Å². The first-order valence-corrected chi connectivity index (χ1v) is 5.48. The zero-order valence-corrected chi connectivity index (χ0v) is 10.2. The Kier molecular flexibility index (Phi) is 4.59.